The summed E-state index contributed by atoms with van der Waals surface area (Å²) in [6.07, 6.45) is 4.91. The first kappa shape index (κ1) is 22.1. The summed E-state index contributed by atoms with van der Waals surface area (Å²) < 4.78 is 1.83. The molecule has 3 heterocycles. The van der Waals surface area contributed by atoms with E-state index < -0.39 is 0 Å². The Morgan fingerprint density at radius 3 is 2.27 bits per heavy atom. The van der Waals surface area contributed by atoms with Crippen LogP contribution in [0.1, 0.15) is 66.1 Å². The third-order valence-corrected chi connectivity index (χ3v) is 5.24. The Kier molecular flexibility index (Phi) is 6.17. The van der Waals surface area contributed by atoms with Gasteiger partial charge in [-0.3, -0.25) is 14.6 Å². The van der Waals surface area contributed by atoms with Crippen molar-refractivity contribution in [1.82, 2.24) is 19.7 Å². The molecule has 8 heteroatoms. The minimum absolute atomic E-state index is 0.124. The second-order valence-electron chi connectivity index (χ2n) is 8.40. The normalized spacial score (nSPS) is 11.2. The average Bonchev–Trinajstić information content (AvgIpc) is 3.24. The zero-order valence-electron chi connectivity index (χ0n) is 19.0. The molecule has 1 aromatic carbocycles. The molecule has 0 aliphatic rings. The lowest BCUT2D eigenvalue weighted by Gasteiger charge is -2.12. The first-order valence-corrected chi connectivity index (χ1v) is 10.8. The largest absolute Gasteiger partial charge is 0.322 e. The Hall–Kier alpha value is -4.07. The van der Waals surface area contributed by atoms with Gasteiger partial charge >= 0.3 is 0 Å². The van der Waals surface area contributed by atoms with Crippen LogP contribution >= 0.6 is 0 Å². The number of nitrogens with one attached hydrogen (secondary N) is 2. The van der Waals surface area contributed by atoms with Crippen molar-refractivity contribution in [3.8, 4) is 0 Å². The highest BCUT2D eigenvalue weighted by Crippen LogP contribution is 2.25. The third-order valence-electron chi connectivity index (χ3n) is 5.24. The second kappa shape index (κ2) is 9.20. The molecule has 0 atom stereocenters. The average molecular weight is 443 g/mol. The number of rotatable bonds is 6. The summed E-state index contributed by atoms with van der Waals surface area (Å²) >= 11 is 0. The fourth-order valence-electron chi connectivity index (χ4n) is 3.44. The van der Waals surface area contributed by atoms with Gasteiger partial charge in [0.05, 0.1) is 29.0 Å². The highest BCUT2D eigenvalue weighted by molar-refractivity contribution is 6.12. The molecule has 0 bridgehead atoms. The van der Waals surface area contributed by atoms with Crippen LogP contribution in [0, 0.1) is 0 Å². The molecule has 33 heavy (non-hydrogen) atoms. The van der Waals surface area contributed by atoms with E-state index in [-0.39, 0.29) is 23.8 Å². The highest BCUT2D eigenvalue weighted by atomic mass is 16.2. The van der Waals surface area contributed by atoms with Crippen molar-refractivity contribution in [2.24, 2.45) is 0 Å². The van der Waals surface area contributed by atoms with E-state index in [9.17, 15) is 9.59 Å². The molecule has 0 spiro atoms. The number of fused-ring (bicyclic) bond motifs is 1. The molecular formula is C25H26N6O2. The molecule has 3 aromatic heterocycles. The van der Waals surface area contributed by atoms with Gasteiger partial charge in [0.25, 0.3) is 11.8 Å². The van der Waals surface area contributed by atoms with Crippen molar-refractivity contribution in [3.05, 3.63) is 77.9 Å². The van der Waals surface area contributed by atoms with Crippen LogP contribution in [0.3, 0.4) is 0 Å². The van der Waals surface area contributed by atoms with E-state index in [0.29, 0.717) is 33.5 Å². The number of amides is 2. The Morgan fingerprint density at radius 1 is 0.909 bits per heavy atom. The molecule has 0 saturated carbocycles. The van der Waals surface area contributed by atoms with E-state index in [4.69, 9.17) is 4.98 Å². The summed E-state index contributed by atoms with van der Waals surface area (Å²) in [5.41, 5.74) is 3.73. The topological polar surface area (TPSA) is 102 Å². The number of anilines is 2. The Bertz CT molecular complexity index is 1290. The Balaban J connectivity index is 1.56. The van der Waals surface area contributed by atoms with Gasteiger partial charge in [0, 0.05) is 29.2 Å². The zero-order valence-corrected chi connectivity index (χ0v) is 19.0. The fourth-order valence-corrected chi connectivity index (χ4v) is 3.44. The van der Waals surface area contributed by atoms with Crippen molar-refractivity contribution in [2.45, 2.75) is 39.7 Å². The van der Waals surface area contributed by atoms with Gasteiger partial charge in [-0.25, -0.2) is 9.67 Å². The number of aromatic nitrogens is 4. The molecule has 0 aliphatic carbocycles. The van der Waals surface area contributed by atoms with Gasteiger partial charge in [0.2, 0.25) is 0 Å². The molecule has 0 radical (unpaired) electrons. The van der Waals surface area contributed by atoms with Gasteiger partial charge in [-0.15, -0.1) is 0 Å². The number of carbonyl (C=O) groups is 2. The van der Waals surface area contributed by atoms with Crippen molar-refractivity contribution >= 4 is 34.2 Å². The number of nitrogens with zero attached hydrogens (tertiary/aromatic N) is 4. The number of benzene rings is 1. The zero-order chi connectivity index (χ0) is 23.5. The van der Waals surface area contributed by atoms with Gasteiger partial charge in [-0.05, 0) is 62.2 Å². The van der Waals surface area contributed by atoms with Gasteiger partial charge in [0.1, 0.15) is 0 Å². The van der Waals surface area contributed by atoms with E-state index in [1.807, 2.05) is 38.4 Å². The highest BCUT2D eigenvalue weighted by Gasteiger charge is 2.19. The predicted octanol–water partition coefficient (Wildman–Crippen LogP) is 5.04. The van der Waals surface area contributed by atoms with Crippen LogP contribution in [-0.4, -0.2) is 31.6 Å². The summed E-state index contributed by atoms with van der Waals surface area (Å²) in [5, 5.41) is 10.9. The third kappa shape index (κ3) is 4.74. The summed E-state index contributed by atoms with van der Waals surface area (Å²) in [4.78, 5) is 34.3. The lowest BCUT2D eigenvalue weighted by Crippen LogP contribution is -2.15. The first-order valence-electron chi connectivity index (χ1n) is 10.8. The number of hydrogen-bond acceptors (Lipinski definition) is 5. The van der Waals surface area contributed by atoms with Gasteiger partial charge in [0.15, 0.2) is 5.65 Å². The summed E-state index contributed by atoms with van der Waals surface area (Å²) in [6, 6.07) is 12.2. The summed E-state index contributed by atoms with van der Waals surface area (Å²) in [6.45, 7) is 8.15. The van der Waals surface area contributed by atoms with Crippen molar-refractivity contribution in [1.29, 1.82) is 0 Å². The van der Waals surface area contributed by atoms with Gasteiger partial charge < -0.3 is 10.6 Å². The van der Waals surface area contributed by atoms with Crippen LogP contribution in [0.2, 0.25) is 0 Å². The van der Waals surface area contributed by atoms with Crippen molar-refractivity contribution < 1.29 is 9.59 Å². The maximum absolute atomic E-state index is 13.2. The van der Waals surface area contributed by atoms with E-state index in [1.165, 1.54) is 0 Å². The number of carbonyl (C=O) groups excluding carboxylic acids is 2. The van der Waals surface area contributed by atoms with Crippen LogP contribution in [0.4, 0.5) is 11.4 Å². The van der Waals surface area contributed by atoms with Crippen LogP contribution < -0.4 is 10.6 Å². The van der Waals surface area contributed by atoms with Crippen LogP contribution in [0.25, 0.3) is 11.0 Å². The van der Waals surface area contributed by atoms with Crippen molar-refractivity contribution in [3.63, 3.8) is 0 Å². The standard InChI is InChI=1S/C25H26N6O2/c1-15(2)22-12-20(21-14-27-31(16(3)4)23(21)30-22)25(33)28-18-9-7-17(8-10-18)24(32)29-19-6-5-11-26-13-19/h5-16H,1-4H3,(H,28,33)(H,29,32). The summed E-state index contributed by atoms with van der Waals surface area (Å²) in [5.74, 6) is -0.339. The Morgan fingerprint density at radius 2 is 1.64 bits per heavy atom. The van der Waals surface area contributed by atoms with Crippen LogP contribution in [0.15, 0.2) is 61.1 Å². The van der Waals surface area contributed by atoms with Gasteiger partial charge in [-0.1, -0.05) is 13.8 Å². The number of hydrogen-bond donors (Lipinski definition) is 2. The predicted molar refractivity (Wildman–Crippen MR) is 129 cm³/mol. The quantitative estimate of drug-likeness (QED) is 0.436. The Labute approximate surface area is 192 Å². The van der Waals surface area contributed by atoms with E-state index in [1.54, 1.807) is 55.0 Å². The van der Waals surface area contributed by atoms with Gasteiger partial charge in [-0.2, -0.15) is 5.10 Å². The van der Waals surface area contributed by atoms with E-state index >= 15 is 0 Å². The number of pyridine rings is 2. The molecule has 168 valence electrons. The molecule has 0 unspecified atom stereocenters. The lowest BCUT2D eigenvalue weighted by atomic mass is 10.0. The smallest absolute Gasteiger partial charge is 0.256 e. The monoisotopic (exact) mass is 442 g/mol. The maximum Gasteiger partial charge on any atom is 0.256 e. The first-order chi connectivity index (χ1) is 15.8. The van der Waals surface area contributed by atoms with Crippen LogP contribution in [0.5, 0.6) is 0 Å². The van der Waals surface area contributed by atoms with Crippen molar-refractivity contribution in [2.75, 3.05) is 10.6 Å². The lowest BCUT2D eigenvalue weighted by molar-refractivity contribution is 0.102. The molecule has 4 aromatic rings. The molecule has 2 amide bonds. The molecule has 0 aliphatic heterocycles. The maximum atomic E-state index is 13.2. The summed E-state index contributed by atoms with van der Waals surface area (Å²) in [7, 11) is 0. The SMILES string of the molecule is CC(C)c1cc(C(=O)Nc2ccc(C(=O)Nc3cccnc3)cc2)c2cnn(C(C)C)c2n1. The molecule has 4 rings (SSSR count). The minimum atomic E-state index is -0.251. The minimum Gasteiger partial charge on any atom is -0.322 e. The van der Waals surface area contributed by atoms with E-state index in [0.717, 1.165) is 5.69 Å². The molecule has 0 saturated heterocycles. The van der Waals surface area contributed by atoms with Crippen LogP contribution in [-0.2, 0) is 0 Å². The molecule has 8 nitrogen and oxygen atoms in total. The van der Waals surface area contributed by atoms with E-state index in [2.05, 4.69) is 20.7 Å². The molecule has 2 N–H and O–H groups in total. The molecular weight excluding hydrogens is 416 g/mol. The molecule has 0 fully saturated rings. The second-order valence-corrected chi connectivity index (χ2v) is 8.40. The fraction of sp³-hybridized carbons (Fsp3) is 0.240.